The Morgan fingerprint density at radius 3 is 2.44 bits per heavy atom. The minimum Gasteiger partial charge on any atom is -0.508 e. The molecule has 0 bridgehead atoms. The number of carboxylic acid groups (broad SMARTS) is 1. The number of para-hydroxylation sites is 1. The molecule has 2 amide bonds. The van der Waals surface area contributed by atoms with Crippen LogP contribution in [-0.4, -0.2) is 57.2 Å². The Morgan fingerprint density at radius 2 is 1.82 bits per heavy atom. The number of nitrogens with one attached hydrogen (secondary N) is 1. The van der Waals surface area contributed by atoms with Crippen LogP contribution in [0.2, 0.25) is 0 Å². The molecule has 2 aromatic carbocycles. The van der Waals surface area contributed by atoms with Gasteiger partial charge in [-0.05, 0) is 30.2 Å². The first-order valence-electron chi connectivity index (χ1n) is 11.2. The number of carbonyl (C=O) groups is 3. The van der Waals surface area contributed by atoms with Gasteiger partial charge in [0, 0.05) is 24.6 Å². The van der Waals surface area contributed by atoms with E-state index in [9.17, 15) is 29.7 Å². The molecule has 2 aliphatic heterocycles. The maximum absolute atomic E-state index is 13.5. The van der Waals surface area contributed by atoms with Crippen LogP contribution in [0.3, 0.4) is 0 Å². The Labute approximate surface area is 197 Å². The number of rotatable bonds is 8. The summed E-state index contributed by atoms with van der Waals surface area (Å²) in [6.07, 6.45) is 1.28. The van der Waals surface area contributed by atoms with Gasteiger partial charge in [0.15, 0.2) is 11.5 Å². The topological polar surface area (TPSA) is 136 Å². The molecule has 0 spiro atoms. The van der Waals surface area contributed by atoms with Crippen molar-refractivity contribution in [1.29, 1.82) is 0 Å². The van der Waals surface area contributed by atoms with Crippen molar-refractivity contribution in [3.63, 3.8) is 0 Å². The number of unbranched alkanes of at least 4 members (excludes halogenated alkanes) is 1. The van der Waals surface area contributed by atoms with Crippen molar-refractivity contribution in [2.75, 3.05) is 13.7 Å². The number of benzene rings is 2. The number of methoxy groups -OCH3 is 1. The molecule has 2 aliphatic rings. The average molecular weight is 469 g/mol. The highest BCUT2D eigenvalue weighted by Gasteiger charge is 2.68. The Hall–Kier alpha value is -3.59. The first kappa shape index (κ1) is 23.6. The second kappa shape index (κ2) is 8.98. The lowest BCUT2D eigenvalue weighted by molar-refractivity contribution is -0.151. The zero-order valence-electron chi connectivity index (χ0n) is 19.0. The lowest BCUT2D eigenvalue weighted by Gasteiger charge is -2.31. The van der Waals surface area contributed by atoms with E-state index in [0.717, 1.165) is 6.42 Å². The molecule has 4 unspecified atom stereocenters. The second-order valence-electron chi connectivity index (χ2n) is 8.82. The summed E-state index contributed by atoms with van der Waals surface area (Å²) in [5.74, 6) is -4.41. The van der Waals surface area contributed by atoms with E-state index in [1.165, 1.54) is 24.1 Å². The summed E-state index contributed by atoms with van der Waals surface area (Å²) in [5.41, 5.74) is -0.925. The van der Waals surface area contributed by atoms with E-state index in [2.05, 4.69) is 5.32 Å². The van der Waals surface area contributed by atoms with Crippen LogP contribution >= 0.6 is 0 Å². The van der Waals surface area contributed by atoms with Gasteiger partial charge in [0.05, 0.1) is 18.9 Å². The fourth-order valence-corrected chi connectivity index (χ4v) is 5.19. The van der Waals surface area contributed by atoms with Crippen molar-refractivity contribution >= 4 is 17.8 Å². The first-order chi connectivity index (χ1) is 16.2. The SMILES string of the molecule is CCCCN1C(=O)C2C(c3cccc(OC)c3O)NC(Cc3ccc(O)cc3)(C(=O)O)C2C1=O. The van der Waals surface area contributed by atoms with Crippen molar-refractivity contribution in [2.24, 2.45) is 11.8 Å². The molecule has 180 valence electrons. The van der Waals surface area contributed by atoms with E-state index >= 15 is 0 Å². The quantitative estimate of drug-likeness (QED) is 0.433. The minimum absolute atomic E-state index is 0.0300. The van der Waals surface area contributed by atoms with Gasteiger partial charge >= 0.3 is 5.97 Å². The molecule has 4 N–H and O–H groups in total. The predicted octanol–water partition coefficient (Wildman–Crippen LogP) is 2.22. The molecule has 34 heavy (non-hydrogen) atoms. The van der Waals surface area contributed by atoms with Crippen LogP contribution in [-0.2, 0) is 20.8 Å². The van der Waals surface area contributed by atoms with Gasteiger partial charge in [0.2, 0.25) is 11.8 Å². The summed E-state index contributed by atoms with van der Waals surface area (Å²) < 4.78 is 5.20. The van der Waals surface area contributed by atoms with Gasteiger partial charge in [-0.2, -0.15) is 0 Å². The highest BCUT2D eigenvalue weighted by atomic mass is 16.5. The molecular weight excluding hydrogens is 440 g/mol. The minimum atomic E-state index is -1.80. The molecule has 0 aromatic heterocycles. The lowest BCUT2D eigenvalue weighted by atomic mass is 9.76. The largest absolute Gasteiger partial charge is 0.508 e. The van der Waals surface area contributed by atoms with Gasteiger partial charge in [-0.3, -0.25) is 24.6 Å². The third-order valence-electron chi connectivity index (χ3n) is 6.87. The Kier molecular flexibility index (Phi) is 6.22. The molecular formula is C25H28N2O7. The number of nitrogens with zero attached hydrogens (tertiary/aromatic N) is 1. The highest BCUT2D eigenvalue weighted by molar-refractivity contribution is 6.09. The number of phenolic OH excluding ortho intramolecular Hbond substituents is 2. The standard InChI is InChI=1S/C25H28N2O7/c1-3-4-12-27-22(30)18-19(23(27)31)25(24(32)33,13-14-8-10-15(28)11-9-14)26-20(18)16-6-5-7-17(34-2)21(16)29/h5-11,18-20,26,28-29H,3-4,12-13H2,1-2H3,(H,32,33). The highest BCUT2D eigenvalue weighted by Crippen LogP contribution is 2.52. The van der Waals surface area contributed by atoms with Gasteiger partial charge in [-0.15, -0.1) is 0 Å². The van der Waals surface area contributed by atoms with Crippen LogP contribution < -0.4 is 10.1 Å². The number of imide groups is 1. The maximum atomic E-state index is 13.5. The fraction of sp³-hybridized carbons (Fsp3) is 0.400. The van der Waals surface area contributed by atoms with Gasteiger partial charge < -0.3 is 20.1 Å². The van der Waals surface area contributed by atoms with Crippen molar-refractivity contribution in [3.05, 3.63) is 53.6 Å². The number of carbonyl (C=O) groups excluding carboxylic acids is 2. The van der Waals surface area contributed by atoms with Crippen LogP contribution in [0.1, 0.15) is 36.9 Å². The zero-order chi connectivity index (χ0) is 24.6. The molecule has 4 atom stereocenters. The fourth-order valence-electron chi connectivity index (χ4n) is 5.19. The van der Waals surface area contributed by atoms with Crippen LogP contribution in [0, 0.1) is 11.8 Å². The van der Waals surface area contributed by atoms with E-state index in [1.54, 1.807) is 30.3 Å². The number of hydrogen-bond acceptors (Lipinski definition) is 7. The molecule has 9 heteroatoms. The molecule has 2 aromatic rings. The van der Waals surface area contributed by atoms with Gasteiger partial charge in [-0.25, -0.2) is 0 Å². The summed E-state index contributed by atoms with van der Waals surface area (Å²) >= 11 is 0. The van der Waals surface area contributed by atoms with Crippen molar-refractivity contribution in [2.45, 2.75) is 37.8 Å². The normalized spacial score (nSPS) is 26.1. The smallest absolute Gasteiger partial charge is 0.325 e. The van der Waals surface area contributed by atoms with E-state index < -0.39 is 41.2 Å². The molecule has 0 saturated carbocycles. The van der Waals surface area contributed by atoms with Crippen LogP contribution in [0.25, 0.3) is 0 Å². The number of carboxylic acids is 1. The van der Waals surface area contributed by atoms with Gasteiger partial charge in [-0.1, -0.05) is 37.6 Å². The van der Waals surface area contributed by atoms with E-state index in [0.29, 0.717) is 17.5 Å². The summed E-state index contributed by atoms with van der Waals surface area (Å²) in [7, 11) is 1.40. The zero-order valence-corrected chi connectivity index (χ0v) is 19.0. The van der Waals surface area contributed by atoms with Crippen LogP contribution in [0.15, 0.2) is 42.5 Å². The van der Waals surface area contributed by atoms with Crippen molar-refractivity contribution < 1.29 is 34.4 Å². The molecule has 4 rings (SSSR count). The number of amides is 2. The Bertz CT molecular complexity index is 1120. The second-order valence-corrected chi connectivity index (χ2v) is 8.82. The van der Waals surface area contributed by atoms with Gasteiger partial charge in [0.25, 0.3) is 0 Å². The molecule has 2 heterocycles. The molecule has 2 saturated heterocycles. The molecule has 0 radical (unpaired) electrons. The summed E-state index contributed by atoms with van der Waals surface area (Å²) in [6.45, 7) is 2.16. The lowest BCUT2D eigenvalue weighted by Crippen LogP contribution is -2.57. The molecule has 0 aliphatic carbocycles. The Morgan fingerprint density at radius 1 is 1.12 bits per heavy atom. The molecule has 9 nitrogen and oxygen atoms in total. The number of aromatic hydroxyl groups is 2. The number of aliphatic carboxylic acids is 1. The third-order valence-corrected chi connectivity index (χ3v) is 6.87. The predicted molar refractivity (Wildman–Crippen MR) is 121 cm³/mol. The Balaban J connectivity index is 1.85. The summed E-state index contributed by atoms with van der Waals surface area (Å²) in [6, 6.07) is 9.93. The monoisotopic (exact) mass is 468 g/mol. The number of phenols is 2. The molecule has 2 fully saturated rings. The van der Waals surface area contributed by atoms with E-state index in [4.69, 9.17) is 4.74 Å². The van der Waals surface area contributed by atoms with Crippen LogP contribution in [0.4, 0.5) is 0 Å². The summed E-state index contributed by atoms with van der Waals surface area (Å²) in [5, 5.41) is 34.0. The average Bonchev–Trinajstić information content (AvgIpc) is 3.28. The maximum Gasteiger partial charge on any atom is 0.325 e. The number of hydrogen-bond donors (Lipinski definition) is 4. The van der Waals surface area contributed by atoms with E-state index in [1.807, 2.05) is 6.92 Å². The van der Waals surface area contributed by atoms with Gasteiger partial charge in [0.1, 0.15) is 11.3 Å². The number of ether oxygens (including phenoxy) is 1. The van der Waals surface area contributed by atoms with E-state index in [-0.39, 0.29) is 30.2 Å². The van der Waals surface area contributed by atoms with Crippen molar-refractivity contribution in [3.8, 4) is 17.2 Å². The third kappa shape index (κ3) is 3.66. The number of likely N-dealkylation sites (tertiary alicyclic amines) is 1. The first-order valence-corrected chi connectivity index (χ1v) is 11.2. The van der Waals surface area contributed by atoms with Crippen molar-refractivity contribution in [1.82, 2.24) is 10.2 Å². The number of fused-ring (bicyclic) bond motifs is 1. The summed E-state index contributed by atoms with van der Waals surface area (Å²) in [4.78, 5) is 41.0. The van der Waals surface area contributed by atoms with Crippen LogP contribution in [0.5, 0.6) is 17.2 Å².